The molecule has 11 heteroatoms. The van der Waals surface area contributed by atoms with Gasteiger partial charge in [-0.1, -0.05) is 11.3 Å². The Morgan fingerprint density at radius 3 is 2.59 bits per heavy atom. The molecule has 0 aliphatic carbocycles. The van der Waals surface area contributed by atoms with Crippen molar-refractivity contribution in [2.45, 2.75) is 13.0 Å². The van der Waals surface area contributed by atoms with Gasteiger partial charge in [0.05, 0.1) is 7.11 Å². The molecule has 174 valence electrons. The molecule has 1 saturated heterocycles. The van der Waals surface area contributed by atoms with Crippen LogP contribution in [-0.4, -0.2) is 91.8 Å². The number of nitrogens with one attached hydrogen (secondary N) is 2. The van der Waals surface area contributed by atoms with Crippen molar-refractivity contribution in [1.82, 2.24) is 25.3 Å². The molecule has 0 atom stereocenters. The number of benzene rings is 1. The van der Waals surface area contributed by atoms with Crippen LogP contribution in [0.25, 0.3) is 0 Å². The maximum Gasteiger partial charge on any atom is 0.286 e. The zero-order valence-corrected chi connectivity index (χ0v) is 19.3. The van der Waals surface area contributed by atoms with E-state index >= 15 is 0 Å². The van der Waals surface area contributed by atoms with Crippen molar-refractivity contribution in [3.63, 3.8) is 0 Å². The van der Waals surface area contributed by atoms with Crippen LogP contribution < -0.4 is 15.4 Å². The van der Waals surface area contributed by atoms with E-state index in [2.05, 4.69) is 37.7 Å². The smallest absolute Gasteiger partial charge is 0.286 e. The number of piperazine rings is 1. The monoisotopic (exact) mass is 462 g/mol. The predicted molar refractivity (Wildman–Crippen MR) is 122 cm³/mol. The van der Waals surface area contributed by atoms with Gasteiger partial charge < -0.3 is 29.9 Å². The van der Waals surface area contributed by atoms with Gasteiger partial charge in [-0.2, -0.15) is 0 Å². The molecule has 1 aliphatic heterocycles. The largest absolute Gasteiger partial charge is 0.497 e. The topological polar surface area (TPSA) is 109 Å². The van der Waals surface area contributed by atoms with Crippen molar-refractivity contribution in [2.75, 3.05) is 65.3 Å². The van der Waals surface area contributed by atoms with Crippen LogP contribution in [0.3, 0.4) is 0 Å². The number of carbonyl (C=O) groups is 2. The summed E-state index contributed by atoms with van der Waals surface area (Å²) in [6, 6.07) is 7.00. The summed E-state index contributed by atoms with van der Waals surface area (Å²) in [6.07, 6.45) is 0.915. The molecule has 10 nitrogen and oxygen atoms in total. The lowest BCUT2D eigenvalue weighted by molar-refractivity contribution is -0.126. The Bertz CT molecular complexity index is 867. The van der Waals surface area contributed by atoms with Crippen LogP contribution in [-0.2, 0) is 16.1 Å². The number of amides is 2. The van der Waals surface area contributed by atoms with Crippen LogP contribution in [0.1, 0.15) is 21.2 Å². The van der Waals surface area contributed by atoms with Gasteiger partial charge in [-0.25, -0.2) is 0 Å². The van der Waals surface area contributed by atoms with Crippen LogP contribution in [0.15, 0.2) is 24.3 Å². The Kier molecular flexibility index (Phi) is 9.35. The minimum Gasteiger partial charge on any atom is -0.497 e. The van der Waals surface area contributed by atoms with Gasteiger partial charge in [0.2, 0.25) is 10.9 Å². The van der Waals surface area contributed by atoms with E-state index < -0.39 is 0 Å². The summed E-state index contributed by atoms with van der Waals surface area (Å²) in [4.78, 5) is 29.0. The summed E-state index contributed by atoms with van der Waals surface area (Å²) in [5.74, 6) is 0.194. The number of ether oxygens (including phenoxy) is 2. The van der Waals surface area contributed by atoms with E-state index in [1.165, 1.54) is 0 Å². The highest BCUT2D eigenvalue weighted by Gasteiger charge is 2.15. The molecule has 1 aromatic heterocycles. The normalized spacial score (nSPS) is 14.8. The van der Waals surface area contributed by atoms with Crippen molar-refractivity contribution in [3.8, 4) is 5.75 Å². The molecule has 2 aromatic rings. The second-order valence-corrected chi connectivity index (χ2v) is 8.59. The third-order valence-corrected chi connectivity index (χ3v) is 5.93. The number of methoxy groups -OCH3 is 1. The van der Waals surface area contributed by atoms with Crippen molar-refractivity contribution in [1.29, 1.82) is 0 Å². The molecule has 0 spiro atoms. The first-order chi connectivity index (χ1) is 15.5. The van der Waals surface area contributed by atoms with Gasteiger partial charge in [-0.05, 0) is 44.3 Å². The molecule has 0 bridgehead atoms. The summed E-state index contributed by atoms with van der Waals surface area (Å²) in [5.41, 5.74) is 0.632. The minimum atomic E-state index is -0.350. The Labute approximate surface area is 191 Å². The maximum absolute atomic E-state index is 12.3. The lowest BCUT2D eigenvalue weighted by Crippen LogP contribution is -2.45. The average molecular weight is 463 g/mol. The molecule has 3 rings (SSSR count). The number of anilines is 1. The molecule has 1 fully saturated rings. The SMILES string of the molecule is COc1ccc(NC(=O)c2nnc(COCC(=O)NCCCN3CCN(C)CC3)s2)cc1. The van der Waals surface area contributed by atoms with Gasteiger partial charge in [0.1, 0.15) is 24.0 Å². The summed E-state index contributed by atoms with van der Waals surface area (Å²) in [5, 5.41) is 14.2. The van der Waals surface area contributed by atoms with Gasteiger partial charge in [0.25, 0.3) is 5.91 Å². The summed E-state index contributed by atoms with van der Waals surface area (Å²) in [6.45, 7) is 6.03. The van der Waals surface area contributed by atoms with Crippen LogP contribution >= 0.6 is 11.3 Å². The number of likely N-dealkylation sites (N-methyl/N-ethyl adjacent to an activating group) is 1. The second-order valence-electron chi connectivity index (χ2n) is 7.52. The highest BCUT2D eigenvalue weighted by atomic mass is 32.1. The molecule has 2 heterocycles. The molecule has 1 aliphatic rings. The summed E-state index contributed by atoms with van der Waals surface area (Å²) >= 11 is 1.13. The van der Waals surface area contributed by atoms with Gasteiger partial charge in [-0.15, -0.1) is 10.2 Å². The number of rotatable bonds is 11. The molecule has 1 aromatic carbocycles. The fourth-order valence-electron chi connectivity index (χ4n) is 3.15. The van der Waals surface area contributed by atoms with Gasteiger partial charge >= 0.3 is 0 Å². The third-order valence-electron chi connectivity index (χ3n) is 5.04. The maximum atomic E-state index is 12.3. The van der Waals surface area contributed by atoms with Crippen LogP contribution in [0.2, 0.25) is 0 Å². The fourth-order valence-corrected chi connectivity index (χ4v) is 3.82. The molecule has 0 unspecified atom stereocenters. The Morgan fingerprint density at radius 1 is 1.12 bits per heavy atom. The van der Waals surface area contributed by atoms with Crippen molar-refractivity contribution < 1.29 is 19.1 Å². The molecular weight excluding hydrogens is 432 g/mol. The van der Waals surface area contributed by atoms with E-state index in [9.17, 15) is 9.59 Å². The second kappa shape index (κ2) is 12.4. The summed E-state index contributed by atoms with van der Waals surface area (Å²) < 4.78 is 10.5. The van der Waals surface area contributed by atoms with Crippen LogP contribution in [0.5, 0.6) is 5.75 Å². The van der Waals surface area contributed by atoms with E-state index in [1.807, 2.05) is 0 Å². The third kappa shape index (κ3) is 7.83. The van der Waals surface area contributed by atoms with E-state index in [0.29, 0.717) is 23.0 Å². The molecule has 0 saturated carbocycles. The molecule has 2 amide bonds. The van der Waals surface area contributed by atoms with Gasteiger partial charge in [0.15, 0.2) is 0 Å². The average Bonchev–Trinajstić information content (AvgIpc) is 3.27. The molecule has 32 heavy (non-hydrogen) atoms. The van der Waals surface area contributed by atoms with E-state index in [-0.39, 0.29) is 30.0 Å². The fraction of sp³-hybridized carbons (Fsp3) is 0.524. The lowest BCUT2D eigenvalue weighted by atomic mass is 10.3. The Hall–Kier alpha value is -2.60. The quantitative estimate of drug-likeness (QED) is 0.478. The van der Waals surface area contributed by atoms with E-state index in [0.717, 1.165) is 50.5 Å². The van der Waals surface area contributed by atoms with Crippen LogP contribution in [0.4, 0.5) is 5.69 Å². The summed E-state index contributed by atoms with van der Waals surface area (Å²) in [7, 11) is 3.72. The van der Waals surface area contributed by atoms with Crippen molar-refractivity contribution >= 4 is 28.8 Å². The van der Waals surface area contributed by atoms with Crippen molar-refractivity contribution in [3.05, 3.63) is 34.3 Å². The highest BCUT2D eigenvalue weighted by molar-refractivity contribution is 7.13. The number of aromatic nitrogens is 2. The van der Waals surface area contributed by atoms with E-state index in [1.54, 1.807) is 31.4 Å². The number of hydrogen-bond donors (Lipinski definition) is 2. The predicted octanol–water partition coefficient (Wildman–Crippen LogP) is 1.07. The first-order valence-electron chi connectivity index (χ1n) is 10.6. The highest BCUT2D eigenvalue weighted by Crippen LogP contribution is 2.17. The zero-order chi connectivity index (χ0) is 22.8. The van der Waals surface area contributed by atoms with Gasteiger partial charge in [-0.3, -0.25) is 9.59 Å². The van der Waals surface area contributed by atoms with Gasteiger partial charge in [0, 0.05) is 38.4 Å². The molecular formula is C21H30N6O4S. The lowest BCUT2D eigenvalue weighted by Gasteiger charge is -2.32. The first-order valence-corrected chi connectivity index (χ1v) is 11.4. The molecule has 2 N–H and O–H groups in total. The molecule has 0 radical (unpaired) electrons. The zero-order valence-electron chi connectivity index (χ0n) is 18.5. The van der Waals surface area contributed by atoms with Crippen LogP contribution in [0, 0.1) is 0 Å². The Balaban J connectivity index is 1.29. The number of carbonyl (C=O) groups excluding carboxylic acids is 2. The minimum absolute atomic E-state index is 0.0541. The first kappa shape index (κ1) is 24.1. The Morgan fingerprint density at radius 2 is 1.88 bits per heavy atom. The standard InChI is InChI=1S/C21H30N6O4S/c1-26-10-12-27(13-11-26)9-3-8-22-18(28)14-31-15-19-24-25-21(32-19)20(29)23-16-4-6-17(30-2)7-5-16/h4-7H,3,8-15H2,1-2H3,(H,22,28)(H,23,29). The number of hydrogen-bond acceptors (Lipinski definition) is 9. The number of nitrogens with zero attached hydrogens (tertiary/aromatic N) is 4. The van der Waals surface area contributed by atoms with E-state index in [4.69, 9.17) is 9.47 Å². The van der Waals surface area contributed by atoms with Crippen molar-refractivity contribution in [2.24, 2.45) is 0 Å².